The summed E-state index contributed by atoms with van der Waals surface area (Å²) in [7, 11) is 0. The SMILES string of the molecule is CCOc1ccccc1N1CCN(C(=O)c2sc(COc3ccc(Cl)cc3)nc2C)CC1. The summed E-state index contributed by atoms with van der Waals surface area (Å²) < 4.78 is 11.5. The van der Waals surface area contributed by atoms with E-state index in [2.05, 4.69) is 16.0 Å². The number of ether oxygens (including phenoxy) is 2. The molecule has 8 heteroatoms. The van der Waals surface area contributed by atoms with Gasteiger partial charge in [0.2, 0.25) is 0 Å². The number of amides is 1. The summed E-state index contributed by atoms with van der Waals surface area (Å²) in [6.45, 7) is 7.66. The Morgan fingerprint density at radius 3 is 2.50 bits per heavy atom. The molecule has 4 rings (SSSR count). The second-order valence-corrected chi connectivity index (χ2v) is 8.96. The highest BCUT2D eigenvalue weighted by Crippen LogP contribution is 2.29. The molecule has 0 radical (unpaired) electrons. The first-order valence-corrected chi connectivity index (χ1v) is 11.9. The van der Waals surface area contributed by atoms with Gasteiger partial charge in [0, 0.05) is 31.2 Å². The van der Waals surface area contributed by atoms with E-state index in [-0.39, 0.29) is 5.91 Å². The molecule has 0 N–H and O–H groups in total. The van der Waals surface area contributed by atoms with Gasteiger partial charge >= 0.3 is 0 Å². The largest absolute Gasteiger partial charge is 0.492 e. The summed E-state index contributed by atoms with van der Waals surface area (Å²) in [5.74, 6) is 1.65. The summed E-state index contributed by atoms with van der Waals surface area (Å²) in [4.78, 5) is 22.6. The van der Waals surface area contributed by atoms with Gasteiger partial charge in [-0.15, -0.1) is 11.3 Å². The van der Waals surface area contributed by atoms with E-state index in [1.54, 1.807) is 12.1 Å². The van der Waals surface area contributed by atoms with Crippen LogP contribution in [0.4, 0.5) is 5.69 Å². The molecule has 1 aliphatic heterocycles. The van der Waals surface area contributed by atoms with Crippen molar-refractivity contribution in [3.8, 4) is 11.5 Å². The van der Waals surface area contributed by atoms with Gasteiger partial charge in [-0.05, 0) is 50.2 Å². The molecule has 1 saturated heterocycles. The number of rotatable bonds is 7. The van der Waals surface area contributed by atoms with Crippen LogP contribution in [0.5, 0.6) is 11.5 Å². The maximum Gasteiger partial charge on any atom is 0.265 e. The molecular weight excluding hydrogens is 446 g/mol. The van der Waals surface area contributed by atoms with E-state index in [4.69, 9.17) is 21.1 Å². The van der Waals surface area contributed by atoms with Crippen molar-refractivity contribution in [1.82, 2.24) is 9.88 Å². The van der Waals surface area contributed by atoms with Gasteiger partial charge in [0.25, 0.3) is 5.91 Å². The second kappa shape index (κ2) is 10.2. The number of para-hydroxylation sites is 2. The number of anilines is 1. The molecule has 2 heterocycles. The van der Waals surface area contributed by atoms with Crippen molar-refractivity contribution in [2.24, 2.45) is 0 Å². The average Bonchev–Trinajstić information content (AvgIpc) is 3.19. The minimum atomic E-state index is 0.0375. The minimum Gasteiger partial charge on any atom is -0.492 e. The lowest BCUT2D eigenvalue weighted by Crippen LogP contribution is -2.48. The Bertz CT molecular complexity index is 1060. The van der Waals surface area contributed by atoms with Crippen LogP contribution in [0.1, 0.15) is 27.3 Å². The van der Waals surface area contributed by atoms with E-state index in [0.717, 1.165) is 41.0 Å². The van der Waals surface area contributed by atoms with E-state index in [1.165, 1.54) is 11.3 Å². The molecular formula is C24H26ClN3O3S. The van der Waals surface area contributed by atoms with Gasteiger partial charge in [-0.1, -0.05) is 23.7 Å². The van der Waals surface area contributed by atoms with E-state index in [9.17, 15) is 4.79 Å². The van der Waals surface area contributed by atoms with Crippen LogP contribution in [-0.2, 0) is 6.61 Å². The zero-order chi connectivity index (χ0) is 22.5. The van der Waals surface area contributed by atoms with Gasteiger partial charge in [0.15, 0.2) is 0 Å². The number of aryl methyl sites for hydroxylation is 1. The lowest BCUT2D eigenvalue weighted by molar-refractivity contribution is 0.0750. The molecule has 0 aliphatic carbocycles. The highest BCUT2D eigenvalue weighted by atomic mass is 35.5. The zero-order valence-corrected chi connectivity index (χ0v) is 19.8. The first kappa shape index (κ1) is 22.4. The van der Waals surface area contributed by atoms with E-state index in [1.807, 2.05) is 49.1 Å². The third-order valence-electron chi connectivity index (χ3n) is 5.28. The van der Waals surface area contributed by atoms with Gasteiger partial charge in [-0.25, -0.2) is 4.98 Å². The van der Waals surface area contributed by atoms with Gasteiger partial charge in [-0.3, -0.25) is 4.79 Å². The quantitative estimate of drug-likeness (QED) is 0.483. The number of carbonyl (C=O) groups is 1. The van der Waals surface area contributed by atoms with Crippen LogP contribution in [0.25, 0.3) is 0 Å². The molecule has 168 valence electrons. The first-order chi connectivity index (χ1) is 15.5. The Labute approximate surface area is 197 Å². The molecule has 2 aromatic carbocycles. The highest BCUT2D eigenvalue weighted by Gasteiger charge is 2.26. The third kappa shape index (κ3) is 5.16. The number of nitrogens with zero attached hydrogens (tertiary/aromatic N) is 3. The number of carbonyl (C=O) groups excluding carboxylic acids is 1. The fourth-order valence-electron chi connectivity index (χ4n) is 3.68. The Kier molecular flexibility index (Phi) is 7.17. The van der Waals surface area contributed by atoms with Crippen molar-refractivity contribution >= 4 is 34.5 Å². The molecule has 1 fully saturated rings. The molecule has 32 heavy (non-hydrogen) atoms. The molecule has 0 spiro atoms. The second-order valence-electron chi connectivity index (χ2n) is 7.44. The Balaban J connectivity index is 1.36. The number of hydrogen-bond donors (Lipinski definition) is 0. The average molecular weight is 472 g/mol. The zero-order valence-electron chi connectivity index (χ0n) is 18.2. The van der Waals surface area contributed by atoms with Crippen molar-refractivity contribution in [2.75, 3.05) is 37.7 Å². The van der Waals surface area contributed by atoms with Crippen LogP contribution >= 0.6 is 22.9 Å². The third-order valence-corrected chi connectivity index (χ3v) is 6.65. The van der Waals surface area contributed by atoms with Gasteiger partial charge in [0.1, 0.15) is 28.0 Å². The van der Waals surface area contributed by atoms with Crippen LogP contribution in [0, 0.1) is 6.92 Å². The Hall–Kier alpha value is -2.77. The van der Waals surface area contributed by atoms with Crippen molar-refractivity contribution in [3.05, 3.63) is 69.1 Å². The molecule has 1 aliphatic rings. The lowest BCUT2D eigenvalue weighted by atomic mass is 10.2. The molecule has 0 unspecified atom stereocenters. The van der Waals surface area contributed by atoms with Crippen molar-refractivity contribution in [2.45, 2.75) is 20.5 Å². The van der Waals surface area contributed by atoms with E-state index in [0.29, 0.717) is 36.2 Å². The van der Waals surface area contributed by atoms with Crippen molar-refractivity contribution < 1.29 is 14.3 Å². The summed E-state index contributed by atoms with van der Waals surface area (Å²) in [5.41, 5.74) is 1.83. The summed E-state index contributed by atoms with van der Waals surface area (Å²) in [6.07, 6.45) is 0. The van der Waals surface area contributed by atoms with Crippen molar-refractivity contribution in [1.29, 1.82) is 0 Å². The van der Waals surface area contributed by atoms with Gasteiger partial charge in [0.05, 0.1) is 18.0 Å². The van der Waals surface area contributed by atoms with E-state index >= 15 is 0 Å². The Morgan fingerprint density at radius 2 is 1.78 bits per heavy atom. The lowest BCUT2D eigenvalue weighted by Gasteiger charge is -2.36. The molecule has 0 atom stereocenters. The predicted molar refractivity (Wildman–Crippen MR) is 128 cm³/mol. The van der Waals surface area contributed by atoms with Crippen LogP contribution in [0.3, 0.4) is 0 Å². The number of benzene rings is 2. The number of aromatic nitrogens is 1. The monoisotopic (exact) mass is 471 g/mol. The van der Waals surface area contributed by atoms with Crippen LogP contribution in [-0.4, -0.2) is 48.6 Å². The topological polar surface area (TPSA) is 54.9 Å². The fraction of sp³-hybridized carbons (Fsp3) is 0.333. The molecule has 0 bridgehead atoms. The smallest absolute Gasteiger partial charge is 0.265 e. The molecule has 1 amide bonds. The standard InChI is InChI=1S/C24H26ClN3O3S/c1-3-30-21-7-5-4-6-20(21)27-12-14-28(15-13-27)24(29)23-17(2)26-22(32-23)16-31-19-10-8-18(25)9-11-19/h4-11H,3,12-16H2,1-2H3. The number of hydrogen-bond acceptors (Lipinski definition) is 6. The molecule has 6 nitrogen and oxygen atoms in total. The fourth-order valence-corrected chi connectivity index (χ4v) is 4.75. The summed E-state index contributed by atoms with van der Waals surface area (Å²) in [5, 5.41) is 1.45. The Morgan fingerprint density at radius 1 is 1.06 bits per heavy atom. The number of thiazole rings is 1. The molecule has 1 aromatic heterocycles. The first-order valence-electron chi connectivity index (χ1n) is 10.7. The van der Waals surface area contributed by atoms with E-state index < -0.39 is 0 Å². The molecule has 3 aromatic rings. The van der Waals surface area contributed by atoms with Crippen LogP contribution < -0.4 is 14.4 Å². The summed E-state index contributed by atoms with van der Waals surface area (Å²) >= 11 is 7.31. The molecule has 0 saturated carbocycles. The van der Waals surface area contributed by atoms with Gasteiger partial charge in [-0.2, -0.15) is 0 Å². The normalized spacial score (nSPS) is 13.8. The number of piperazine rings is 1. The highest BCUT2D eigenvalue weighted by molar-refractivity contribution is 7.13. The van der Waals surface area contributed by atoms with Crippen molar-refractivity contribution in [3.63, 3.8) is 0 Å². The maximum atomic E-state index is 13.2. The number of halogens is 1. The summed E-state index contributed by atoms with van der Waals surface area (Å²) in [6, 6.07) is 15.3. The predicted octanol–water partition coefficient (Wildman–Crippen LogP) is 5.05. The van der Waals surface area contributed by atoms with Crippen LogP contribution in [0.15, 0.2) is 48.5 Å². The minimum absolute atomic E-state index is 0.0375. The van der Waals surface area contributed by atoms with Gasteiger partial charge < -0.3 is 19.3 Å². The van der Waals surface area contributed by atoms with Crippen LogP contribution in [0.2, 0.25) is 5.02 Å². The maximum absolute atomic E-state index is 13.2.